The summed E-state index contributed by atoms with van der Waals surface area (Å²) in [6.07, 6.45) is 4.83. The third kappa shape index (κ3) is 4.33. The highest BCUT2D eigenvalue weighted by molar-refractivity contribution is 7.22. The number of fused-ring (bicyclic) bond motifs is 2. The summed E-state index contributed by atoms with van der Waals surface area (Å²) >= 11 is 3.27. The smallest absolute Gasteiger partial charge is 0.234 e. The van der Waals surface area contributed by atoms with E-state index in [1.807, 2.05) is 17.9 Å². The molecule has 1 unspecified atom stereocenters. The Hall–Kier alpha value is -2.40. The number of amides is 2. The Balaban J connectivity index is 0.00000136. The first kappa shape index (κ1) is 20.5. The van der Waals surface area contributed by atoms with Gasteiger partial charge in [0.25, 0.3) is 0 Å². The highest BCUT2D eigenvalue weighted by Crippen LogP contribution is 2.44. The molecule has 1 fully saturated rings. The zero-order chi connectivity index (χ0) is 21.4. The maximum Gasteiger partial charge on any atom is 0.234 e. The molecule has 1 saturated heterocycles. The average Bonchev–Trinajstić information content (AvgIpc) is 3.32. The lowest BCUT2D eigenvalue weighted by atomic mass is 10.0. The van der Waals surface area contributed by atoms with Gasteiger partial charge < -0.3 is 16.0 Å². The van der Waals surface area contributed by atoms with Crippen LogP contribution in [0.25, 0.3) is 20.8 Å². The Morgan fingerprint density at radius 2 is 2.32 bits per heavy atom. The minimum atomic E-state index is -0.0331. The lowest BCUT2D eigenvalue weighted by Gasteiger charge is -2.30. The van der Waals surface area contributed by atoms with E-state index in [2.05, 4.69) is 20.9 Å². The van der Waals surface area contributed by atoms with E-state index in [1.54, 1.807) is 35.1 Å². The Bertz CT molecular complexity index is 1120. The number of nitrogens with one attached hydrogen (secondary N) is 3. The van der Waals surface area contributed by atoms with Crippen LogP contribution >= 0.6 is 22.7 Å². The van der Waals surface area contributed by atoms with E-state index in [-0.39, 0.29) is 22.1 Å². The zero-order valence-corrected chi connectivity index (χ0v) is 18.9. The normalized spacial score (nSPS) is 19.3. The monoisotopic (exact) mass is 462 g/mol. The molecule has 2 amide bonds. The predicted molar refractivity (Wildman–Crippen MR) is 130 cm³/mol. The van der Waals surface area contributed by atoms with Gasteiger partial charge in [-0.3, -0.25) is 19.5 Å². The highest BCUT2D eigenvalue weighted by Gasteiger charge is 2.26. The molecule has 31 heavy (non-hydrogen) atoms. The van der Waals surface area contributed by atoms with Crippen molar-refractivity contribution < 1.29 is 13.9 Å². The first-order valence-corrected chi connectivity index (χ1v) is 12.1. The summed E-state index contributed by atoms with van der Waals surface area (Å²) in [7, 11) is 0. The fourth-order valence-corrected chi connectivity index (χ4v) is 6.49. The molecule has 0 saturated carbocycles. The molecule has 0 radical (unpaired) electrons. The molecule has 0 aliphatic carbocycles. The van der Waals surface area contributed by atoms with Crippen LogP contribution in [0.4, 0.5) is 5.00 Å². The molecule has 8 nitrogen and oxygen atoms in total. The quantitative estimate of drug-likeness (QED) is 0.539. The number of thiophene rings is 1. The molecule has 3 N–H and O–H groups in total. The van der Waals surface area contributed by atoms with E-state index >= 15 is 0 Å². The van der Waals surface area contributed by atoms with E-state index in [0.717, 1.165) is 51.8 Å². The topological polar surface area (TPSA) is 99.2 Å². The Kier molecular flexibility index (Phi) is 5.70. The molecule has 5 rings (SSSR count). The second-order valence-corrected chi connectivity index (χ2v) is 10.1. The SMILES string of the molecule is CC1CN(CCC(=O)Nc2sc3c(c2-c2nc4cnccc4s2)CCNC3)CC(=O)N1.[HH].[HH].[HH]. The fourth-order valence-electron chi connectivity index (χ4n) is 4.18. The lowest BCUT2D eigenvalue weighted by molar-refractivity contribution is -0.126. The fraction of sp³-hybridized carbons (Fsp3) is 0.429. The van der Waals surface area contributed by atoms with Crippen molar-refractivity contribution in [2.75, 3.05) is 31.5 Å². The van der Waals surface area contributed by atoms with Gasteiger partial charge in [-0.15, -0.1) is 22.7 Å². The lowest BCUT2D eigenvalue weighted by Crippen LogP contribution is -2.53. The largest absolute Gasteiger partial charge is 0.351 e. The number of carbonyl (C=O) groups is 2. The number of pyridine rings is 1. The maximum absolute atomic E-state index is 12.8. The van der Waals surface area contributed by atoms with Crippen molar-refractivity contribution in [3.63, 3.8) is 0 Å². The number of thiazole rings is 1. The van der Waals surface area contributed by atoms with Crippen molar-refractivity contribution in [2.45, 2.75) is 32.4 Å². The van der Waals surface area contributed by atoms with Crippen molar-refractivity contribution >= 4 is 49.7 Å². The summed E-state index contributed by atoms with van der Waals surface area (Å²) in [4.78, 5) is 36.8. The van der Waals surface area contributed by atoms with Crippen LogP contribution in [-0.2, 0) is 22.6 Å². The van der Waals surface area contributed by atoms with E-state index in [4.69, 9.17) is 4.98 Å². The number of anilines is 1. The second-order valence-electron chi connectivity index (χ2n) is 8.00. The number of piperazine rings is 1. The van der Waals surface area contributed by atoms with Crippen molar-refractivity contribution in [1.82, 2.24) is 25.5 Å². The summed E-state index contributed by atoms with van der Waals surface area (Å²) in [5.74, 6) is -0.0144. The summed E-state index contributed by atoms with van der Waals surface area (Å²) in [6, 6.07) is 2.09. The molecule has 2 aliphatic heterocycles. The maximum atomic E-state index is 12.8. The molecule has 3 aromatic heterocycles. The van der Waals surface area contributed by atoms with Gasteiger partial charge in [0, 0.05) is 53.0 Å². The molecule has 168 valence electrons. The molecule has 10 heteroatoms. The second kappa shape index (κ2) is 8.62. The van der Waals surface area contributed by atoms with E-state index < -0.39 is 0 Å². The standard InChI is InChI=1S/C21H24N6O2S2.3H2/c1-12-10-27(11-18(29)24-12)7-4-17(28)26-21-19(13-2-5-23-9-16(13)31-21)20-25-14-8-22-6-3-15(14)30-20;;;/h3,6,8,12,23H,2,4-5,7,9-11H2,1H3,(H,24,29)(H,26,28);3*1H. The Morgan fingerprint density at radius 1 is 1.42 bits per heavy atom. The van der Waals surface area contributed by atoms with Gasteiger partial charge in [0.1, 0.15) is 15.5 Å². The van der Waals surface area contributed by atoms with Gasteiger partial charge in [-0.25, -0.2) is 4.98 Å². The molecule has 1 atom stereocenters. The average molecular weight is 463 g/mol. The number of nitrogens with zero attached hydrogens (tertiary/aromatic N) is 3. The van der Waals surface area contributed by atoms with Crippen LogP contribution in [0.5, 0.6) is 0 Å². The van der Waals surface area contributed by atoms with Crippen LogP contribution in [0.3, 0.4) is 0 Å². The summed E-state index contributed by atoms with van der Waals surface area (Å²) in [5.41, 5.74) is 3.22. The molecule has 0 aromatic carbocycles. The predicted octanol–water partition coefficient (Wildman–Crippen LogP) is 2.95. The van der Waals surface area contributed by atoms with Crippen LogP contribution < -0.4 is 16.0 Å². The summed E-state index contributed by atoms with van der Waals surface area (Å²) < 4.78 is 1.09. The van der Waals surface area contributed by atoms with Crippen molar-refractivity contribution in [3.05, 3.63) is 28.9 Å². The number of rotatable bonds is 5. The Labute approximate surface area is 192 Å². The van der Waals surface area contributed by atoms with Gasteiger partial charge in [-0.1, -0.05) is 0 Å². The number of hydrogen-bond donors (Lipinski definition) is 3. The van der Waals surface area contributed by atoms with Crippen LogP contribution in [0.1, 0.15) is 28.1 Å². The summed E-state index contributed by atoms with van der Waals surface area (Å²) in [5, 5.41) is 11.3. The molecule has 0 bridgehead atoms. The van der Waals surface area contributed by atoms with Gasteiger partial charge >= 0.3 is 0 Å². The van der Waals surface area contributed by atoms with Gasteiger partial charge in [0.2, 0.25) is 11.8 Å². The third-order valence-corrected chi connectivity index (χ3v) is 7.75. The van der Waals surface area contributed by atoms with Crippen LogP contribution in [-0.4, -0.2) is 58.9 Å². The van der Waals surface area contributed by atoms with Gasteiger partial charge in [0.15, 0.2) is 0 Å². The highest BCUT2D eigenvalue weighted by atomic mass is 32.1. The third-order valence-electron chi connectivity index (χ3n) is 5.55. The molecule has 2 aliphatic rings. The van der Waals surface area contributed by atoms with Gasteiger partial charge in [-0.05, 0) is 31.5 Å². The number of carbonyl (C=O) groups excluding carboxylic acids is 2. The molecular formula is C21H30N6O2S2. The van der Waals surface area contributed by atoms with Crippen molar-refractivity contribution in [3.8, 4) is 10.6 Å². The Morgan fingerprint density at radius 3 is 3.16 bits per heavy atom. The van der Waals surface area contributed by atoms with Gasteiger partial charge in [-0.2, -0.15) is 0 Å². The molecule has 5 heterocycles. The summed E-state index contributed by atoms with van der Waals surface area (Å²) in [6.45, 7) is 5.40. The van der Waals surface area contributed by atoms with E-state index in [9.17, 15) is 9.59 Å². The molecule has 3 aromatic rings. The molecular weight excluding hydrogens is 432 g/mol. The first-order valence-electron chi connectivity index (χ1n) is 10.4. The zero-order valence-electron chi connectivity index (χ0n) is 17.2. The van der Waals surface area contributed by atoms with Crippen LogP contribution in [0.15, 0.2) is 18.5 Å². The first-order chi connectivity index (χ1) is 15.1. The van der Waals surface area contributed by atoms with Crippen LogP contribution in [0, 0.1) is 0 Å². The van der Waals surface area contributed by atoms with Crippen molar-refractivity contribution in [2.24, 2.45) is 0 Å². The van der Waals surface area contributed by atoms with E-state index in [1.165, 1.54) is 10.4 Å². The number of hydrogen-bond acceptors (Lipinski definition) is 8. The van der Waals surface area contributed by atoms with Gasteiger partial charge in [0.05, 0.1) is 17.4 Å². The minimum absolute atomic E-state index is 0. The minimum Gasteiger partial charge on any atom is -0.351 e. The van der Waals surface area contributed by atoms with E-state index in [0.29, 0.717) is 19.5 Å². The van der Waals surface area contributed by atoms with Crippen LogP contribution in [0.2, 0.25) is 0 Å². The molecule has 0 spiro atoms. The van der Waals surface area contributed by atoms with Crippen molar-refractivity contribution in [1.29, 1.82) is 0 Å². The number of aromatic nitrogens is 2.